The Morgan fingerprint density at radius 2 is 1.41 bits per heavy atom. The maximum absolute atomic E-state index is 8.50. The minimum absolute atomic E-state index is 0.811. The van der Waals surface area contributed by atoms with Crippen molar-refractivity contribution in [2.75, 3.05) is 0 Å². The Bertz CT molecular complexity index is 719. The van der Waals surface area contributed by atoms with Crippen molar-refractivity contribution >= 4 is 0 Å². The number of hydrogen-bond donors (Lipinski definition) is 0. The van der Waals surface area contributed by atoms with Crippen LogP contribution in [0.15, 0.2) is 48.6 Å². The molecule has 0 aliphatic heterocycles. The van der Waals surface area contributed by atoms with Gasteiger partial charge in [0.1, 0.15) is 0 Å². The zero-order valence-electron chi connectivity index (χ0n) is 20.5. The van der Waals surface area contributed by atoms with E-state index in [4.69, 9.17) is 5.26 Å². The van der Waals surface area contributed by atoms with E-state index < -0.39 is 0 Å². The number of aryl methyl sites for hydroxylation is 1. The molecular formula is C31H45N. The fourth-order valence-electron chi connectivity index (χ4n) is 6.01. The molecule has 0 bridgehead atoms. The summed E-state index contributed by atoms with van der Waals surface area (Å²) in [6.45, 7) is 2.28. The lowest BCUT2D eigenvalue weighted by Gasteiger charge is -2.32. The van der Waals surface area contributed by atoms with Gasteiger partial charge in [0.05, 0.1) is 6.07 Å². The van der Waals surface area contributed by atoms with E-state index in [1.165, 1.54) is 95.5 Å². The Morgan fingerprint density at radius 3 is 2.00 bits per heavy atom. The van der Waals surface area contributed by atoms with Crippen molar-refractivity contribution in [1.29, 1.82) is 5.26 Å². The van der Waals surface area contributed by atoms with Crippen molar-refractivity contribution in [2.24, 2.45) is 17.8 Å². The number of hydrogen-bond acceptors (Lipinski definition) is 1. The SMILES string of the molecule is CCCCc1ccc([C@H]2CC[C@H](CC[C@H]3CC[C@H](CC/C=C/C=C/C#N)CC3)CC2)cc1. The first-order chi connectivity index (χ1) is 15.8. The first kappa shape index (κ1) is 24.8. The largest absolute Gasteiger partial charge is 0.193 e. The van der Waals surface area contributed by atoms with Crippen LogP contribution >= 0.6 is 0 Å². The first-order valence-corrected chi connectivity index (χ1v) is 13.6. The van der Waals surface area contributed by atoms with Crippen LogP contribution in [0.4, 0.5) is 0 Å². The summed E-state index contributed by atoms with van der Waals surface area (Å²) in [5, 5.41) is 8.50. The van der Waals surface area contributed by atoms with E-state index in [0.29, 0.717) is 0 Å². The van der Waals surface area contributed by atoms with Crippen LogP contribution in [0.25, 0.3) is 0 Å². The number of unbranched alkanes of at least 4 members (excludes halogenated alkanes) is 1. The van der Waals surface area contributed by atoms with Gasteiger partial charge in [0.15, 0.2) is 0 Å². The summed E-state index contributed by atoms with van der Waals surface area (Å²) in [5.74, 6) is 3.72. The molecule has 0 unspecified atom stereocenters. The maximum Gasteiger partial charge on any atom is 0.0912 e. The minimum atomic E-state index is 0.811. The van der Waals surface area contributed by atoms with Gasteiger partial charge in [-0.15, -0.1) is 0 Å². The van der Waals surface area contributed by atoms with Crippen LogP contribution in [0.2, 0.25) is 0 Å². The maximum atomic E-state index is 8.50. The van der Waals surface area contributed by atoms with E-state index in [2.05, 4.69) is 37.3 Å². The van der Waals surface area contributed by atoms with E-state index >= 15 is 0 Å². The molecule has 2 aliphatic carbocycles. The molecule has 0 saturated heterocycles. The van der Waals surface area contributed by atoms with Gasteiger partial charge >= 0.3 is 0 Å². The quantitative estimate of drug-likeness (QED) is 0.253. The highest BCUT2D eigenvalue weighted by molar-refractivity contribution is 5.26. The molecule has 0 spiro atoms. The highest BCUT2D eigenvalue weighted by Crippen LogP contribution is 2.40. The highest BCUT2D eigenvalue weighted by Gasteiger charge is 2.25. The van der Waals surface area contributed by atoms with Crippen LogP contribution in [-0.4, -0.2) is 0 Å². The third-order valence-electron chi connectivity index (χ3n) is 8.23. The molecular weight excluding hydrogens is 386 g/mol. The standard InChI is InChI=1S/C31H45N/c1-2-3-9-26-17-21-30(22-18-26)31-23-19-29(20-24-31)16-15-28-13-11-27(12-14-28)10-7-5-4-6-8-25-32/h4-6,8,17-18,21-22,27-29,31H,2-3,7,9-16,19-20,23-24H2,1H3/b5-4+,8-6+/t27-,28-,29-,31-. The van der Waals surface area contributed by atoms with Gasteiger partial charge in [-0.2, -0.15) is 5.26 Å². The van der Waals surface area contributed by atoms with Gasteiger partial charge in [-0.3, -0.25) is 0 Å². The predicted octanol–water partition coefficient (Wildman–Crippen LogP) is 9.31. The Balaban J connectivity index is 1.28. The van der Waals surface area contributed by atoms with Gasteiger partial charge in [-0.05, 0) is 86.2 Å². The van der Waals surface area contributed by atoms with E-state index in [1.54, 1.807) is 11.6 Å². The molecule has 0 aromatic heterocycles. The van der Waals surface area contributed by atoms with Crippen LogP contribution in [-0.2, 0) is 6.42 Å². The molecule has 3 rings (SSSR count). The Hall–Kier alpha value is -1.81. The normalized spacial score (nSPS) is 26.5. The Morgan fingerprint density at radius 1 is 0.812 bits per heavy atom. The molecule has 174 valence electrons. The summed E-state index contributed by atoms with van der Waals surface area (Å²) in [6.07, 6.45) is 28.4. The predicted molar refractivity (Wildman–Crippen MR) is 138 cm³/mol. The van der Waals surface area contributed by atoms with E-state index in [9.17, 15) is 0 Å². The summed E-state index contributed by atoms with van der Waals surface area (Å²) in [4.78, 5) is 0. The van der Waals surface area contributed by atoms with Gasteiger partial charge in [0.25, 0.3) is 0 Å². The molecule has 0 atom stereocenters. The second-order valence-corrected chi connectivity index (χ2v) is 10.5. The number of rotatable bonds is 11. The van der Waals surface area contributed by atoms with Crippen LogP contribution in [0.1, 0.15) is 114 Å². The summed E-state index contributed by atoms with van der Waals surface area (Å²) < 4.78 is 0. The van der Waals surface area contributed by atoms with Crippen molar-refractivity contribution in [3.63, 3.8) is 0 Å². The molecule has 0 amide bonds. The lowest BCUT2D eigenvalue weighted by molar-refractivity contribution is 0.225. The number of benzene rings is 1. The van der Waals surface area contributed by atoms with Gasteiger partial charge in [0, 0.05) is 6.08 Å². The first-order valence-electron chi connectivity index (χ1n) is 13.6. The van der Waals surface area contributed by atoms with E-state index in [0.717, 1.165) is 30.1 Å². The number of nitrogens with zero attached hydrogens (tertiary/aromatic N) is 1. The molecule has 1 aromatic carbocycles. The van der Waals surface area contributed by atoms with Crippen LogP contribution in [0, 0.1) is 29.1 Å². The van der Waals surface area contributed by atoms with Crippen molar-refractivity contribution in [3.05, 3.63) is 59.7 Å². The number of nitriles is 1. The van der Waals surface area contributed by atoms with Crippen LogP contribution < -0.4 is 0 Å². The summed E-state index contributed by atoms with van der Waals surface area (Å²) in [7, 11) is 0. The lowest BCUT2D eigenvalue weighted by atomic mass is 9.74. The highest BCUT2D eigenvalue weighted by atomic mass is 14.3. The van der Waals surface area contributed by atoms with Crippen LogP contribution in [0.3, 0.4) is 0 Å². The number of allylic oxidation sites excluding steroid dienone is 4. The molecule has 1 nitrogen and oxygen atoms in total. The second-order valence-electron chi connectivity index (χ2n) is 10.5. The average Bonchev–Trinajstić information content (AvgIpc) is 2.85. The Labute approximate surface area is 198 Å². The molecule has 1 heteroatoms. The molecule has 2 fully saturated rings. The third kappa shape index (κ3) is 8.61. The van der Waals surface area contributed by atoms with Gasteiger partial charge < -0.3 is 0 Å². The topological polar surface area (TPSA) is 23.8 Å². The molecule has 1 aromatic rings. The zero-order chi connectivity index (χ0) is 22.4. The molecule has 0 radical (unpaired) electrons. The Kier molecular flexibility index (Phi) is 11.1. The molecule has 0 heterocycles. The van der Waals surface area contributed by atoms with Gasteiger partial charge in [-0.1, -0.05) is 94.4 Å². The molecule has 32 heavy (non-hydrogen) atoms. The van der Waals surface area contributed by atoms with Gasteiger partial charge in [0.2, 0.25) is 0 Å². The van der Waals surface area contributed by atoms with Crippen molar-refractivity contribution in [2.45, 2.75) is 109 Å². The van der Waals surface area contributed by atoms with Gasteiger partial charge in [-0.25, -0.2) is 0 Å². The molecule has 2 saturated carbocycles. The fourth-order valence-corrected chi connectivity index (χ4v) is 6.01. The minimum Gasteiger partial charge on any atom is -0.193 e. The smallest absolute Gasteiger partial charge is 0.0912 e. The summed E-state index contributed by atoms with van der Waals surface area (Å²) in [5.41, 5.74) is 3.11. The van der Waals surface area contributed by atoms with Crippen molar-refractivity contribution < 1.29 is 0 Å². The fraction of sp³-hybridized carbons (Fsp3) is 0.645. The van der Waals surface area contributed by atoms with Crippen LogP contribution in [0.5, 0.6) is 0 Å². The van der Waals surface area contributed by atoms with E-state index in [1.807, 2.05) is 18.2 Å². The second kappa shape index (κ2) is 14.4. The molecule has 0 N–H and O–H groups in total. The average molecular weight is 432 g/mol. The summed E-state index contributed by atoms with van der Waals surface area (Å²) >= 11 is 0. The monoisotopic (exact) mass is 431 g/mol. The summed E-state index contributed by atoms with van der Waals surface area (Å²) in [6, 6.07) is 11.7. The third-order valence-corrected chi connectivity index (χ3v) is 8.23. The van der Waals surface area contributed by atoms with Crippen molar-refractivity contribution in [3.8, 4) is 6.07 Å². The van der Waals surface area contributed by atoms with E-state index in [-0.39, 0.29) is 0 Å². The lowest BCUT2D eigenvalue weighted by Crippen LogP contribution is -2.17. The molecule has 2 aliphatic rings. The zero-order valence-corrected chi connectivity index (χ0v) is 20.5. The van der Waals surface area contributed by atoms with Crippen molar-refractivity contribution in [1.82, 2.24) is 0 Å².